The third kappa shape index (κ3) is 4.09. The standard InChI is InChI=1S/C10H10F6O.C4H4F6O.C2H6/c11-9(12,13)8(10(14,15)16)6-4-1-2-5(3-4)7(6)17-8;1-2(11,3(5,6)7)4(8,9)10;1-2/h4-7H,1-3H2;11H,1H3;1-2H3/t4-,5+,6?,7?;;/m1../s1. The Morgan fingerprint density at radius 2 is 1.10 bits per heavy atom. The summed E-state index contributed by atoms with van der Waals surface area (Å²) in [6, 6.07) is 0. The van der Waals surface area contributed by atoms with E-state index in [0.29, 0.717) is 19.3 Å². The van der Waals surface area contributed by atoms with Crippen molar-refractivity contribution >= 4 is 0 Å². The summed E-state index contributed by atoms with van der Waals surface area (Å²) in [5, 5.41) is 7.94. The van der Waals surface area contributed by atoms with Crippen molar-refractivity contribution in [2.45, 2.75) is 82.0 Å². The minimum atomic E-state index is -5.69. The Morgan fingerprint density at radius 1 is 0.733 bits per heavy atom. The average Bonchev–Trinajstić information content (AvgIpc) is 3.02. The van der Waals surface area contributed by atoms with Crippen LogP contribution >= 0.6 is 0 Å². The van der Waals surface area contributed by atoms with E-state index in [1.54, 1.807) is 0 Å². The van der Waals surface area contributed by atoms with E-state index in [-0.39, 0.29) is 12.8 Å². The summed E-state index contributed by atoms with van der Waals surface area (Å²) in [6.07, 6.45) is -21.4. The predicted octanol–water partition coefficient (Wildman–Crippen LogP) is 6.18. The number of fused-ring (bicyclic) bond motifs is 5. The molecule has 1 saturated heterocycles. The minimum Gasteiger partial charge on any atom is -0.374 e. The van der Waals surface area contributed by atoms with Crippen molar-refractivity contribution in [2.75, 3.05) is 0 Å². The van der Waals surface area contributed by atoms with Crippen LogP contribution in [0.4, 0.5) is 52.7 Å². The van der Waals surface area contributed by atoms with Gasteiger partial charge in [-0.2, -0.15) is 52.7 Å². The van der Waals surface area contributed by atoms with Gasteiger partial charge in [-0.3, -0.25) is 0 Å². The lowest BCUT2D eigenvalue weighted by Gasteiger charge is -2.56. The van der Waals surface area contributed by atoms with Gasteiger partial charge in [-0.25, -0.2) is 0 Å². The van der Waals surface area contributed by atoms with E-state index in [1.165, 1.54) is 0 Å². The zero-order chi connectivity index (χ0) is 24.1. The first kappa shape index (κ1) is 27.1. The highest BCUT2D eigenvalue weighted by Crippen LogP contribution is 2.69. The molecule has 0 aromatic heterocycles. The molecule has 2 bridgehead atoms. The summed E-state index contributed by atoms with van der Waals surface area (Å²) >= 11 is 0. The highest BCUT2D eigenvalue weighted by atomic mass is 19.4. The summed E-state index contributed by atoms with van der Waals surface area (Å²) in [6.45, 7) is 3.66. The maximum Gasteiger partial charge on any atom is 0.426 e. The monoisotopic (exact) mass is 472 g/mol. The molecule has 0 radical (unpaired) electrons. The molecule has 2 aliphatic carbocycles. The van der Waals surface area contributed by atoms with Crippen molar-refractivity contribution in [1.29, 1.82) is 0 Å². The van der Waals surface area contributed by atoms with E-state index in [2.05, 4.69) is 4.74 Å². The van der Waals surface area contributed by atoms with Gasteiger partial charge in [0.1, 0.15) is 0 Å². The number of ether oxygens (including phenoxy) is 1. The smallest absolute Gasteiger partial charge is 0.374 e. The lowest BCUT2D eigenvalue weighted by atomic mass is 9.68. The quantitative estimate of drug-likeness (QED) is 0.427. The second kappa shape index (κ2) is 7.89. The van der Waals surface area contributed by atoms with Gasteiger partial charge in [-0.15, -0.1) is 0 Å². The molecule has 2 saturated carbocycles. The first-order chi connectivity index (χ1) is 13.2. The summed E-state index contributed by atoms with van der Waals surface area (Å²) in [4.78, 5) is 0. The molecule has 0 aromatic carbocycles. The Labute approximate surface area is 163 Å². The van der Waals surface area contributed by atoms with Crippen LogP contribution in [0.3, 0.4) is 0 Å². The molecule has 4 atom stereocenters. The first-order valence-electron chi connectivity index (χ1n) is 8.85. The second-order valence-corrected chi connectivity index (χ2v) is 7.24. The van der Waals surface area contributed by atoms with Crippen LogP contribution in [-0.2, 0) is 4.74 Å². The molecule has 0 spiro atoms. The third-order valence-electron chi connectivity index (χ3n) is 5.58. The summed E-state index contributed by atoms with van der Waals surface area (Å²) in [5.41, 5.74) is -8.52. The van der Waals surface area contributed by atoms with Gasteiger partial charge in [0.25, 0.3) is 11.2 Å². The van der Waals surface area contributed by atoms with Gasteiger partial charge in [0.2, 0.25) is 0 Å². The lowest BCUT2D eigenvalue weighted by molar-refractivity contribution is -0.470. The molecule has 2 unspecified atom stereocenters. The molecule has 3 aliphatic rings. The molecule has 14 heteroatoms. The maximum atomic E-state index is 12.8. The Bertz CT molecular complexity index is 555. The number of hydrogen-bond donors (Lipinski definition) is 1. The molecule has 3 rings (SSSR count). The van der Waals surface area contributed by atoms with Crippen molar-refractivity contribution in [2.24, 2.45) is 17.8 Å². The van der Waals surface area contributed by atoms with Crippen molar-refractivity contribution < 1.29 is 62.5 Å². The van der Waals surface area contributed by atoms with Gasteiger partial charge in [0.05, 0.1) is 6.10 Å². The summed E-state index contributed by atoms with van der Waals surface area (Å²) < 4.78 is 149. The van der Waals surface area contributed by atoms with Crippen molar-refractivity contribution in [3.63, 3.8) is 0 Å². The van der Waals surface area contributed by atoms with Crippen LogP contribution in [0.25, 0.3) is 0 Å². The molecule has 2 nitrogen and oxygen atoms in total. The predicted molar refractivity (Wildman–Crippen MR) is 78.1 cm³/mol. The Morgan fingerprint density at radius 3 is 1.37 bits per heavy atom. The molecule has 1 N–H and O–H groups in total. The third-order valence-corrected chi connectivity index (χ3v) is 5.58. The Kier molecular flexibility index (Phi) is 7.13. The summed E-state index contributed by atoms with van der Waals surface area (Å²) in [5.74, 6) is -2.01. The molecular weight excluding hydrogens is 452 g/mol. The fourth-order valence-electron chi connectivity index (χ4n) is 4.03. The molecule has 1 heterocycles. The molecule has 1 aliphatic heterocycles. The minimum absolute atomic E-state index is 0.108. The van der Waals surface area contributed by atoms with Crippen molar-refractivity contribution in [1.82, 2.24) is 0 Å². The molecule has 30 heavy (non-hydrogen) atoms. The second-order valence-electron chi connectivity index (χ2n) is 7.24. The van der Waals surface area contributed by atoms with Gasteiger partial charge < -0.3 is 9.84 Å². The number of alkyl halides is 12. The SMILES string of the molecule is CC.CC(O)(C(F)(F)F)C(F)(F)F.FC(F)(F)C1(C(F)(F)F)OC2C1[C@@H]1CC[C@H]2C1. The van der Waals surface area contributed by atoms with Gasteiger partial charge in [0.15, 0.2) is 0 Å². The molecule has 0 aromatic rings. The topological polar surface area (TPSA) is 29.5 Å². The van der Waals surface area contributed by atoms with Crippen LogP contribution in [0.2, 0.25) is 0 Å². The number of hydrogen-bond acceptors (Lipinski definition) is 2. The van der Waals surface area contributed by atoms with E-state index in [9.17, 15) is 52.7 Å². The molecule has 180 valence electrons. The van der Waals surface area contributed by atoms with Crippen LogP contribution in [0.15, 0.2) is 0 Å². The van der Waals surface area contributed by atoms with Gasteiger partial charge in [0, 0.05) is 5.92 Å². The van der Waals surface area contributed by atoms with Crippen molar-refractivity contribution in [3.05, 3.63) is 0 Å². The van der Waals surface area contributed by atoms with E-state index in [4.69, 9.17) is 5.11 Å². The summed E-state index contributed by atoms with van der Waals surface area (Å²) in [7, 11) is 0. The van der Waals surface area contributed by atoms with Gasteiger partial charge in [-0.1, -0.05) is 13.8 Å². The van der Waals surface area contributed by atoms with E-state index >= 15 is 0 Å². The molecular formula is C16H20F12O2. The number of aliphatic hydroxyl groups is 1. The zero-order valence-electron chi connectivity index (χ0n) is 15.8. The van der Waals surface area contributed by atoms with Crippen LogP contribution in [0, 0.1) is 17.8 Å². The normalized spacial score (nSPS) is 30.4. The number of halogens is 12. The van der Waals surface area contributed by atoms with Crippen LogP contribution < -0.4 is 0 Å². The Hall–Kier alpha value is -0.920. The van der Waals surface area contributed by atoms with E-state index < -0.39 is 53.8 Å². The van der Waals surface area contributed by atoms with E-state index in [1.807, 2.05) is 13.8 Å². The fourth-order valence-corrected chi connectivity index (χ4v) is 4.03. The molecule has 0 amide bonds. The Balaban J connectivity index is 0.000000304. The lowest BCUT2D eigenvalue weighted by Crippen LogP contribution is -2.75. The van der Waals surface area contributed by atoms with Crippen molar-refractivity contribution in [3.8, 4) is 0 Å². The average molecular weight is 472 g/mol. The van der Waals surface area contributed by atoms with Gasteiger partial charge >= 0.3 is 24.7 Å². The fraction of sp³-hybridized carbons (Fsp3) is 1.00. The highest BCUT2D eigenvalue weighted by Gasteiger charge is 2.86. The maximum absolute atomic E-state index is 12.8. The van der Waals surface area contributed by atoms with Crippen LogP contribution in [0.1, 0.15) is 40.0 Å². The molecule has 3 fully saturated rings. The first-order valence-corrected chi connectivity index (χ1v) is 8.85. The van der Waals surface area contributed by atoms with Crippen LogP contribution in [0.5, 0.6) is 0 Å². The highest BCUT2D eigenvalue weighted by molar-refractivity contribution is 5.19. The van der Waals surface area contributed by atoms with Gasteiger partial charge in [-0.05, 0) is 38.0 Å². The van der Waals surface area contributed by atoms with Crippen LogP contribution in [-0.4, -0.2) is 47.1 Å². The van der Waals surface area contributed by atoms with E-state index in [0.717, 1.165) is 0 Å². The largest absolute Gasteiger partial charge is 0.426 e. The number of rotatable bonds is 0. The zero-order valence-corrected chi connectivity index (χ0v) is 15.8.